The zero-order valence-electron chi connectivity index (χ0n) is 16.1. The Morgan fingerprint density at radius 3 is 2.45 bits per heavy atom. The molecular weight excluding hydrogens is 514 g/mol. The Morgan fingerprint density at radius 1 is 1.12 bits per heavy atom. The molecule has 0 spiro atoms. The summed E-state index contributed by atoms with van der Waals surface area (Å²) in [6.45, 7) is 0. The van der Waals surface area contributed by atoms with Gasteiger partial charge in [0, 0.05) is 5.56 Å². The van der Waals surface area contributed by atoms with Crippen LogP contribution in [0.3, 0.4) is 0 Å². The first-order chi connectivity index (χ1) is 15.6. The van der Waals surface area contributed by atoms with Gasteiger partial charge in [-0.15, -0.1) is 0 Å². The van der Waals surface area contributed by atoms with Crippen LogP contribution in [0.5, 0.6) is 0 Å². The van der Waals surface area contributed by atoms with Crippen LogP contribution in [-0.2, 0) is 6.18 Å². The van der Waals surface area contributed by atoms with E-state index >= 15 is 0 Å². The van der Waals surface area contributed by atoms with Crippen LogP contribution >= 0.6 is 15.9 Å². The SMILES string of the molecule is O=C(Nc1ccc(F)cc1[N+](=O)[O-])c1nn2c(C(F)(F)F)cc(-c3ccccc3)nc2c1Br. The summed E-state index contributed by atoms with van der Waals surface area (Å²) in [5, 5.41) is 17.1. The van der Waals surface area contributed by atoms with E-state index in [9.17, 15) is 32.5 Å². The number of carbonyl (C=O) groups is 1. The van der Waals surface area contributed by atoms with Gasteiger partial charge < -0.3 is 5.32 Å². The lowest BCUT2D eigenvalue weighted by Gasteiger charge is -2.11. The number of hydrogen-bond acceptors (Lipinski definition) is 5. The molecule has 0 aliphatic heterocycles. The number of nitrogens with zero attached hydrogens (tertiary/aromatic N) is 4. The second-order valence-corrected chi connectivity index (χ2v) is 7.45. The third kappa shape index (κ3) is 4.26. The van der Waals surface area contributed by atoms with Crippen molar-refractivity contribution in [1.29, 1.82) is 0 Å². The zero-order chi connectivity index (χ0) is 23.9. The van der Waals surface area contributed by atoms with Crippen LogP contribution in [0.2, 0.25) is 0 Å². The summed E-state index contributed by atoms with van der Waals surface area (Å²) in [6, 6.07) is 11.4. The topological polar surface area (TPSA) is 102 Å². The molecule has 0 aliphatic rings. The normalized spacial score (nSPS) is 11.5. The molecule has 33 heavy (non-hydrogen) atoms. The molecule has 4 rings (SSSR count). The Bertz CT molecular complexity index is 1410. The Labute approximate surface area is 190 Å². The van der Waals surface area contributed by atoms with Gasteiger partial charge in [0.15, 0.2) is 17.0 Å². The van der Waals surface area contributed by atoms with Crippen LogP contribution in [0.15, 0.2) is 59.1 Å². The van der Waals surface area contributed by atoms with E-state index in [0.717, 1.165) is 18.2 Å². The molecule has 1 amide bonds. The zero-order valence-corrected chi connectivity index (χ0v) is 17.7. The molecule has 0 saturated carbocycles. The van der Waals surface area contributed by atoms with Gasteiger partial charge >= 0.3 is 6.18 Å². The van der Waals surface area contributed by atoms with Gasteiger partial charge in [-0.05, 0) is 34.1 Å². The Kier molecular flexibility index (Phi) is 5.57. The Hall–Kier alpha value is -3.87. The third-order valence-electron chi connectivity index (χ3n) is 4.51. The maximum Gasteiger partial charge on any atom is 0.433 e. The van der Waals surface area contributed by atoms with E-state index in [0.29, 0.717) is 16.1 Å². The summed E-state index contributed by atoms with van der Waals surface area (Å²) in [4.78, 5) is 27.2. The van der Waals surface area contributed by atoms with Gasteiger partial charge in [0.05, 0.1) is 21.2 Å². The van der Waals surface area contributed by atoms with Crippen molar-refractivity contribution in [2.45, 2.75) is 6.18 Å². The van der Waals surface area contributed by atoms with E-state index in [1.54, 1.807) is 30.3 Å². The summed E-state index contributed by atoms with van der Waals surface area (Å²) < 4.78 is 55.0. The predicted octanol–water partition coefficient (Wildman–Crippen LogP) is 5.48. The number of benzene rings is 2. The van der Waals surface area contributed by atoms with Crippen molar-refractivity contribution in [1.82, 2.24) is 14.6 Å². The van der Waals surface area contributed by atoms with Gasteiger partial charge in [0.2, 0.25) is 0 Å². The number of fused-ring (bicyclic) bond motifs is 1. The average molecular weight is 524 g/mol. The van der Waals surface area contributed by atoms with Crippen molar-refractivity contribution in [2.75, 3.05) is 5.32 Å². The van der Waals surface area contributed by atoms with Crippen molar-refractivity contribution >= 4 is 38.9 Å². The number of nitro benzene ring substituents is 1. The quantitative estimate of drug-likeness (QED) is 0.217. The monoisotopic (exact) mass is 523 g/mol. The third-order valence-corrected chi connectivity index (χ3v) is 5.24. The molecule has 8 nitrogen and oxygen atoms in total. The molecule has 0 radical (unpaired) electrons. The van der Waals surface area contributed by atoms with Crippen molar-refractivity contribution in [3.63, 3.8) is 0 Å². The molecule has 2 aromatic heterocycles. The molecule has 2 heterocycles. The number of aromatic nitrogens is 3. The van der Waals surface area contributed by atoms with E-state index in [1.807, 2.05) is 0 Å². The van der Waals surface area contributed by atoms with Gasteiger partial charge in [-0.25, -0.2) is 13.9 Å². The Morgan fingerprint density at radius 2 is 1.82 bits per heavy atom. The molecular formula is C20H10BrF4N5O3. The molecule has 0 bridgehead atoms. The highest BCUT2D eigenvalue weighted by atomic mass is 79.9. The van der Waals surface area contributed by atoms with Crippen molar-refractivity contribution < 1.29 is 27.3 Å². The summed E-state index contributed by atoms with van der Waals surface area (Å²) >= 11 is 3.06. The van der Waals surface area contributed by atoms with Gasteiger partial charge in [0.25, 0.3) is 11.6 Å². The highest BCUT2D eigenvalue weighted by Gasteiger charge is 2.36. The van der Waals surface area contributed by atoms with Crippen LogP contribution in [0.4, 0.5) is 28.9 Å². The maximum atomic E-state index is 13.8. The minimum atomic E-state index is -4.83. The second kappa shape index (κ2) is 8.24. The number of amides is 1. The standard InChI is InChI=1S/C20H10BrF4N5O3/c21-16-17(19(31)27-12-7-6-11(22)8-14(12)30(32)33)28-29-15(20(23,24)25)9-13(26-18(16)29)10-4-2-1-3-5-10/h1-9H,(H,27,31). The number of nitro groups is 1. The largest absolute Gasteiger partial charge is 0.433 e. The minimum Gasteiger partial charge on any atom is -0.315 e. The molecule has 0 atom stereocenters. The van der Waals surface area contributed by atoms with E-state index in [4.69, 9.17) is 0 Å². The van der Waals surface area contributed by atoms with Crippen molar-refractivity contribution in [3.8, 4) is 11.3 Å². The first kappa shape index (κ1) is 22.3. The summed E-state index contributed by atoms with van der Waals surface area (Å²) in [5.74, 6) is -1.96. The molecule has 168 valence electrons. The van der Waals surface area contributed by atoms with Gasteiger partial charge in [0.1, 0.15) is 11.5 Å². The van der Waals surface area contributed by atoms with E-state index in [1.165, 1.54) is 0 Å². The van der Waals surface area contributed by atoms with Crippen LogP contribution in [0, 0.1) is 15.9 Å². The molecule has 0 saturated heterocycles. The van der Waals surface area contributed by atoms with Crippen molar-refractivity contribution in [3.05, 3.63) is 86.4 Å². The fourth-order valence-corrected chi connectivity index (χ4v) is 3.55. The Balaban J connectivity index is 1.84. The first-order valence-corrected chi connectivity index (χ1v) is 9.82. The molecule has 0 unspecified atom stereocenters. The number of rotatable bonds is 4. The van der Waals surface area contributed by atoms with E-state index < -0.39 is 39.9 Å². The number of anilines is 1. The summed E-state index contributed by atoms with van der Waals surface area (Å²) in [6.07, 6.45) is -4.83. The number of halogens is 5. The number of alkyl halides is 3. The second-order valence-electron chi connectivity index (χ2n) is 6.66. The fourth-order valence-electron chi connectivity index (χ4n) is 3.04. The van der Waals surface area contributed by atoms with Gasteiger partial charge in [-0.3, -0.25) is 14.9 Å². The minimum absolute atomic E-state index is 0.00263. The van der Waals surface area contributed by atoms with Crippen LogP contribution in [-0.4, -0.2) is 25.4 Å². The fraction of sp³-hybridized carbons (Fsp3) is 0.0500. The summed E-state index contributed by atoms with van der Waals surface area (Å²) in [7, 11) is 0. The first-order valence-electron chi connectivity index (χ1n) is 9.03. The highest BCUT2D eigenvalue weighted by Crippen LogP contribution is 2.35. The molecule has 0 aliphatic carbocycles. The molecule has 13 heteroatoms. The number of carbonyl (C=O) groups excluding carboxylic acids is 1. The number of nitrogens with one attached hydrogen (secondary N) is 1. The molecule has 1 N–H and O–H groups in total. The lowest BCUT2D eigenvalue weighted by molar-refractivity contribution is -0.384. The van der Waals surface area contributed by atoms with Gasteiger partial charge in [-0.1, -0.05) is 30.3 Å². The van der Waals surface area contributed by atoms with E-state index in [2.05, 4.69) is 31.3 Å². The van der Waals surface area contributed by atoms with Crippen molar-refractivity contribution in [2.24, 2.45) is 0 Å². The predicted molar refractivity (Wildman–Crippen MR) is 112 cm³/mol. The van der Waals surface area contributed by atoms with Gasteiger partial charge in [-0.2, -0.15) is 18.3 Å². The van der Waals surface area contributed by atoms with E-state index in [-0.39, 0.29) is 21.5 Å². The lowest BCUT2D eigenvalue weighted by Crippen LogP contribution is -2.16. The maximum absolute atomic E-state index is 13.8. The lowest BCUT2D eigenvalue weighted by atomic mass is 10.1. The molecule has 2 aromatic carbocycles. The van der Waals surface area contributed by atoms with Crippen LogP contribution in [0.1, 0.15) is 16.2 Å². The summed E-state index contributed by atoms with van der Waals surface area (Å²) in [5.41, 5.74) is -2.66. The highest BCUT2D eigenvalue weighted by molar-refractivity contribution is 9.10. The molecule has 0 fully saturated rings. The molecule has 4 aromatic rings. The van der Waals surface area contributed by atoms with Crippen LogP contribution < -0.4 is 5.32 Å². The number of hydrogen-bond donors (Lipinski definition) is 1. The average Bonchev–Trinajstić information content (AvgIpc) is 3.10. The van der Waals surface area contributed by atoms with Crippen LogP contribution in [0.25, 0.3) is 16.9 Å². The smallest absolute Gasteiger partial charge is 0.315 e.